The second kappa shape index (κ2) is 6.55. The van der Waals surface area contributed by atoms with Gasteiger partial charge in [-0.15, -0.1) is 0 Å². The van der Waals surface area contributed by atoms with Crippen molar-refractivity contribution in [3.05, 3.63) is 47.9 Å². The number of amides is 1. The number of nitrogens with two attached hydrogens (primary N) is 1. The minimum atomic E-state index is -0.619. The zero-order valence-electron chi connectivity index (χ0n) is 14.6. The van der Waals surface area contributed by atoms with Gasteiger partial charge in [0.1, 0.15) is 0 Å². The summed E-state index contributed by atoms with van der Waals surface area (Å²) in [6.07, 6.45) is 3.57. The van der Waals surface area contributed by atoms with Gasteiger partial charge in [-0.05, 0) is 24.8 Å². The van der Waals surface area contributed by atoms with E-state index >= 15 is 0 Å². The molecule has 2 aliphatic heterocycles. The molecule has 1 amide bonds. The number of carbonyl (C=O) groups excluding carboxylic acids is 1. The van der Waals surface area contributed by atoms with Gasteiger partial charge in [0.15, 0.2) is 11.6 Å². The molecule has 2 aromatic rings. The van der Waals surface area contributed by atoms with Crippen molar-refractivity contribution >= 4 is 17.7 Å². The number of hydrogen-bond donors (Lipinski definition) is 1. The number of nitrogen functional groups attached to an aromatic ring is 1. The van der Waals surface area contributed by atoms with Crippen LogP contribution in [0, 0.1) is 11.2 Å². The standard InChI is InChI=1S/C19H22FN5O/c20-15-12-22-18(23-16(15)21)25-11-8-19(13-25)7-10-24(17(19)26)9-6-14-4-2-1-3-5-14/h1-5,12H,6-11,13H2,(H2,21,22,23). The number of anilines is 2. The summed E-state index contributed by atoms with van der Waals surface area (Å²) in [6.45, 7) is 2.78. The van der Waals surface area contributed by atoms with E-state index in [2.05, 4.69) is 22.1 Å². The smallest absolute Gasteiger partial charge is 0.230 e. The van der Waals surface area contributed by atoms with Crippen LogP contribution in [0.2, 0.25) is 0 Å². The predicted molar refractivity (Wildman–Crippen MR) is 97.0 cm³/mol. The van der Waals surface area contributed by atoms with Crippen LogP contribution in [-0.4, -0.2) is 47.0 Å². The predicted octanol–water partition coefficient (Wildman–Crippen LogP) is 1.87. The SMILES string of the molecule is Nc1nc(N2CCC3(CCN(CCc4ccccc4)C3=O)C2)ncc1F. The summed E-state index contributed by atoms with van der Waals surface area (Å²) in [7, 11) is 0. The van der Waals surface area contributed by atoms with Gasteiger partial charge in [0.2, 0.25) is 11.9 Å². The fraction of sp³-hybridized carbons (Fsp3) is 0.421. The lowest BCUT2D eigenvalue weighted by Crippen LogP contribution is -2.38. The van der Waals surface area contributed by atoms with Gasteiger partial charge in [0, 0.05) is 26.2 Å². The summed E-state index contributed by atoms with van der Waals surface area (Å²) in [6, 6.07) is 10.2. The van der Waals surface area contributed by atoms with Crippen molar-refractivity contribution in [2.75, 3.05) is 36.8 Å². The fourth-order valence-electron chi connectivity index (χ4n) is 3.96. The highest BCUT2D eigenvalue weighted by molar-refractivity contribution is 5.86. The first-order valence-corrected chi connectivity index (χ1v) is 8.94. The Hall–Kier alpha value is -2.70. The Morgan fingerprint density at radius 2 is 1.96 bits per heavy atom. The van der Waals surface area contributed by atoms with E-state index in [1.165, 1.54) is 5.56 Å². The molecule has 6 nitrogen and oxygen atoms in total. The van der Waals surface area contributed by atoms with E-state index in [4.69, 9.17) is 5.73 Å². The van der Waals surface area contributed by atoms with Crippen LogP contribution in [0.4, 0.5) is 16.2 Å². The van der Waals surface area contributed by atoms with Crippen LogP contribution in [0.5, 0.6) is 0 Å². The number of carbonyl (C=O) groups is 1. The molecule has 0 aliphatic carbocycles. The van der Waals surface area contributed by atoms with Crippen molar-refractivity contribution in [3.8, 4) is 0 Å². The van der Waals surface area contributed by atoms with Gasteiger partial charge >= 0.3 is 0 Å². The van der Waals surface area contributed by atoms with E-state index in [0.717, 1.165) is 38.5 Å². The van der Waals surface area contributed by atoms with Crippen molar-refractivity contribution in [3.63, 3.8) is 0 Å². The zero-order chi connectivity index (χ0) is 18.1. The van der Waals surface area contributed by atoms with Gasteiger partial charge in [-0.25, -0.2) is 9.37 Å². The number of hydrogen-bond acceptors (Lipinski definition) is 5. The van der Waals surface area contributed by atoms with Gasteiger partial charge in [-0.1, -0.05) is 30.3 Å². The molecule has 26 heavy (non-hydrogen) atoms. The monoisotopic (exact) mass is 355 g/mol. The molecule has 4 rings (SSSR count). The summed E-state index contributed by atoms with van der Waals surface area (Å²) in [5.74, 6) is -0.160. The number of rotatable bonds is 4. The molecule has 1 aromatic carbocycles. The molecule has 2 fully saturated rings. The Labute approximate surface area is 151 Å². The number of halogens is 1. The van der Waals surface area contributed by atoms with Crippen molar-refractivity contribution in [2.45, 2.75) is 19.3 Å². The van der Waals surface area contributed by atoms with E-state index in [-0.39, 0.29) is 17.1 Å². The Morgan fingerprint density at radius 3 is 2.73 bits per heavy atom. The second-order valence-corrected chi connectivity index (χ2v) is 7.13. The summed E-state index contributed by atoms with van der Waals surface area (Å²) < 4.78 is 13.3. The van der Waals surface area contributed by atoms with Crippen molar-refractivity contribution in [1.29, 1.82) is 0 Å². The highest BCUT2D eigenvalue weighted by Gasteiger charge is 2.51. The molecule has 0 bridgehead atoms. The Bertz CT molecular complexity index is 815. The molecule has 2 N–H and O–H groups in total. The maximum Gasteiger partial charge on any atom is 0.230 e. The van der Waals surface area contributed by atoms with Crippen LogP contribution in [0.1, 0.15) is 18.4 Å². The van der Waals surface area contributed by atoms with Crippen molar-refractivity contribution < 1.29 is 9.18 Å². The van der Waals surface area contributed by atoms with Crippen LogP contribution in [-0.2, 0) is 11.2 Å². The Morgan fingerprint density at radius 1 is 1.19 bits per heavy atom. The van der Waals surface area contributed by atoms with Gasteiger partial charge in [-0.2, -0.15) is 4.98 Å². The topological polar surface area (TPSA) is 75.3 Å². The van der Waals surface area contributed by atoms with Crippen LogP contribution in [0.3, 0.4) is 0 Å². The van der Waals surface area contributed by atoms with Gasteiger partial charge in [0.05, 0.1) is 11.6 Å². The Kier molecular flexibility index (Phi) is 4.22. The number of nitrogens with zero attached hydrogens (tertiary/aromatic N) is 4. The molecule has 3 heterocycles. The maximum absolute atomic E-state index is 13.3. The third kappa shape index (κ3) is 2.98. The lowest BCUT2D eigenvalue weighted by atomic mass is 9.85. The largest absolute Gasteiger partial charge is 0.381 e. The number of aromatic nitrogens is 2. The van der Waals surface area contributed by atoms with E-state index in [9.17, 15) is 9.18 Å². The van der Waals surface area contributed by atoms with Crippen molar-refractivity contribution in [2.24, 2.45) is 5.41 Å². The average molecular weight is 355 g/mol. The number of likely N-dealkylation sites (tertiary alicyclic amines) is 1. The van der Waals surface area contributed by atoms with E-state index in [1.54, 1.807) is 0 Å². The first-order valence-electron chi connectivity index (χ1n) is 8.94. The van der Waals surface area contributed by atoms with Crippen LogP contribution in [0.25, 0.3) is 0 Å². The third-order valence-electron chi connectivity index (χ3n) is 5.51. The minimum Gasteiger partial charge on any atom is -0.381 e. The number of benzene rings is 1. The quantitative estimate of drug-likeness (QED) is 0.906. The maximum atomic E-state index is 13.3. The fourth-order valence-corrected chi connectivity index (χ4v) is 3.96. The summed E-state index contributed by atoms with van der Waals surface area (Å²) in [4.78, 5) is 25.0. The summed E-state index contributed by atoms with van der Waals surface area (Å²) >= 11 is 0. The summed E-state index contributed by atoms with van der Waals surface area (Å²) in [5, 5.41) is 0. The second-order valence-electron chi connectivity index (χ2n) is 7.13. The molecule has 0 radical (unpaired) electrons. The van der Waals surface area contributed by atoms with E-state index in [0.29, 0.717) is 19.0 Å². The molecule has 1 aromatic heterocycles. The highest BCUT2D eigenvalue weighted by atomic mass is 19.1. The molecule has 2 aliphatic rings. The highest BCUT2D eigenvalue weighted by Crippen LogP contribution is 2.41. The lowest BCUT2D eigenvalue weighted by molar-refractivity contribution is -0.135. The first-order chi connectivity index (χ1) is 12.6. The van der Waals surface area contributed by atoms with E-state index < -0.39 is 5.82 Å². The molecule has 7 heteroatoms. The van der Waals surface area contributed by atoms with Gasteiger partial charge < -0.3 is 15.5 Å². The molecule has 1 unspecified atom stereocenters. The molecule has 1 spiro atoms. The average Bonchev–Trinajstić information content (AvgIpc) is 3.22. The lowest BCUT2D eigenvalue weighted by Gasteiger charge is -2.23. The van der Waals surface area contributed by atoms with Gasteiger partial charge in [0.25, 0.3) is 0 Å². The normalized spacial score (nSPS) is 22.6. The first kappa shape index (κ1) is 16.8. The summed E-state index contributed by atoms with van der Waals surface area (Å²) in [5.41, 5.74) is 6.42. The molecule has 2 saturated heterocycles. The van der Waals surface area contributed by atoms with Crippen LogP contribution < -0.4 is 10.6 Å². The van der Waals surface area contributed by atoms with Gasteiger partial charge in [-0.3, -0.25) is 4.79 Å². The van der Waals surface area contributed by atoms with Crippen LogP contribution in [0.15, 0.2) is 36.5 Å². The van der Waals surface area contributed by atoms with E-state index in [1.807, 2.05) is 28.0 Å². The molecule has 136 valence electrons. The zero-order valence-corrected chi connectivity index (χ0v) is 14.6. The molecule has 1 atom stereocenters. The van der Waals surface area contributed by atoms with Crippen LogP contribution >= 0.6 is 0 Å². The minimum absolute atomic E-state index is 0.154. The van der Waals surface area contributed by atoms with Crippen molar-refractivity contribution in [1.82, 2.24) is 14.9 Å². The molecular weight excluding hydrogens is 333 g/mol. The Balaban J connectivity index is 1.42. The molecule has 0 saturated carbocycles. The third-order valence-corrected chi connectivity index (χ3v) is 5.51. The molecular formula is C19H22FN5O.